The van der Waals surface area contributed by atoms with Gasteiger partial charge in [0.1, 0.15) is 12.4 Å². The fourth-order valence-electron chi connectivity index (χ4n) is 2.87. The predicted octanol–water partition coefficient (Wildman–Crippen LogP) is 3.33. The molecule has 0 aliphatic heterocycles. The third-order valence-electron chi connectivity index (χ3n) is 4.08. The van der Waals surface area contributed by atoms with E-state index in [1.165, 1.54) is 31.0 Å². The summed E-state index contributed by atoms with van der Waals surface area (Å²) >= 11 is 0. The van der Waals surface area contributed by atoms with Crippen LogP contribution in [0.25, 0.3) is 0 Å². The van der Waals surface area contributed by atoms with E-state index in [1.807, 2.05) is 0 Å². The van der Waals surface area contributed by atoms with Gasteiger partial charge in [0.15, 0.2) is 0 Å². The number of rotatable bonds is 5. The summed E-state index contributed by atoms with van der Waals surface area (Å²) in [6.45, 7) is 2.14. The van der Waals surface area contributed by atoms with Crippen molar-refractivity contribution in [1.29, 1.82) is 0 Å². The van der Waals surface area contributed by atoms with Gasteiger partial charge in [-0.05, 0) is 37.0 Å². The zero-order valence-corrected chi connectivity index (χ0v) is 12.4. The number of hydrogen-bond donors (Lipinski definition) is 2. The van der Waals surface area contributed by atoms with Crippen LogP contribution in [0.3, 0.4) is 0 Å². The first-order chi connectivity index (χ1) is 10.1. The molecule has 1 saturated carbocycles. The number of nitrogen functional groups attached to an aromatic ring is 1. The van der Waals surface area contributed by atoms with Crippen LogP contribution in [0.5, 0.6) is 0 Å². The van der Waals surface area contributed by atoms with Crippen LogP contribution in [-0.4, -0.2) is 18.6 Å². The van der Waals surface area contributed by atoms with Crippen molar-refractivity contribution in [2.45, 2.75) is 45.1 Å². The molecule has 3 N–H and O–H groups in total. The monoisotopic (exact) mass is 294 g/mol. The fraction of sp³-hybridized carbons (Fsp3) is 0.562. The molecular weight excluding hydrogens is 271 g/mol. The summed E-state index contributed by atoms with van der Waals surface area (Å²) < 4.78 is 18.9. The van der Waals surface area contributed by atoms with E-state index in [0.29, 0.717) is 17.3 Å². The van der Waals surface area contributed by atoms with E-state index in [-0.39, 0.29) is 18.6 Å². The maximum absolute atomic E-state index is 13.1. The predicted molar refractivity (Wildman–Crippen MR) is 81.4 cm³/mol. The zero-order valence-electron chi connectivity index (χ0n) is 12.4. The van der Waals surface area contributed by atoms with Crippen LogP contribution in [0.2, 0.25) is 0 Å². The van der Waals surface area contributed by atoms with E-state index in [2.05, 4.69) is 12.2 Å². The van der Waals surface area contributed by atoms with Crippen LogP contribution >= 0.6 is 0 Å². The van der Waals surface area contributed by atoms with Gasteiger partial charge >= 0.3 is 0 Å². The number of amides is 1. The van der Waals surface area contributed by atoms with E-state index >= 15 is 0 Å². The number of carbonyl (C=O) groups is 1. The van der Waals surface area contributed by atoms with Crippen LogP contribution in [0.15, 0.2) is 18.2 Å². The van der Waals surface area contributed by atoms with Gasteiger partial charge in [-0.15, -0.1) is 0 Å². The lowest BCUT2D eigenvalue weighted by atomic mass is 9.85. The normalized spacial score (nSPS) is 22.0. The molecule has 0 spiro atoms. The quantitative estimate of drug-likeness (QED) is 0.819. The third-order valence-corrected chi connectivity index (χ3v) is 4.08. The van der Waals surface area contributed by atoms with Crippen LogP contribution in [0, 0.1) is 11.7 Å². The first-order valence-electron chi connectivity index (χ1n) is 7.56. The molecular formula is C16H23FN2O2. The summed E-state index contributed by atoms with van der Waals surface area (Å²) in [5, 5.41) is 2.59. The van der Waals surface area contributed by atoms with Crippen LogP contribution in [0.1, 0.15) is 39.0 Å². The number of anilines is 2. The molecule has 5 heteroatoms. The highest BCUT2D eigenvalue weighted by molar-refractivity contribution is 5.94. The highest BCUT2D eigenvalue weighted by Crippen LogP contribution is 2.29. The molecule has 1 aliphatic rings. The summed E-state index contributed by atoms with van der Waals surface area (Å²) in [5.41, 5.74) is 6.33. The Balaban J connectivity index is 1.85. The third kappa shape index (κ3) is 4.43. The molecule has 0 bridgehead atoms. The van der Waals surface area contributed by atoms with E-state index in [0.717, 1.165) is 19.3 Å². The maximum Gasteiger partial charge on any atom is 0.250 e. The van der Waals surface area contributed by atoms with Crippen LogP contribution in [0.4, 0.5) is 15.8 Å². The molecule has 1 amide bonds. The van der Waals surface area contributed by atoms with E-state index in [1.54, 1.807) is 0 Å². The molecule has 1 aromatic rings. The standard InChI is InChI=1S/C16H23FN2O2/c1-2-11-5-3-4-6-15(11)21-10-16(20)19-14-9-12(17)7-8-13(14)18/h7-9,11,15H,2-6,10,18H2,1H3,(H,19,20). The smallest absolute Gasteiger partial charge is 0.250 e. The van der Waals surface area contributed by atoms with Gasteiger partial charge in [-0.3, -0.25) is 4.79 Å². The average Bonchev–Trinajstić information content (AvgIpc) is 2.49. The molecule has 1 fully saturated rings. The Morgan fingerprint density at radius 2 is 2.19 bits per heavy atom. The lowest BCUT2D eigenvalue weighted by Crippen LogP contribution is -2.31. The zero-order chi connectivity index (χ0) is 15.2. The second-order valence-electron chi connectivity index (χ2n) is 5.58. The van der Waals surface area contributed by atoms with Crippen LogP contribution in [-0.2, 0) is 9.53 Å². The molecule has 2 unspecified atom stereocenters. The molecule has 21 heavy (non-hydrogen) atoms. The molecule has 0 radical (unpaired) electrons. The molecule has 4 nitrogen and oxygen atoms in total. The van der Waals surface area contributed by atoms with Crippen LogP contribution < -0.4 is 11.1 Å². The van der Waals surface area contributed by atoms with Crippen molar-refractivity contribution in [2.24, 2.45) is 5.92 Å². The molecule has 2 rings (SSSR count). The van der Waals surface area contributed by atoms with Gasteiger partial charge in [0.25, 0.3) is 0 Å². The second kappa shape index (κ2) is 7.41. The Kier molecular flexibility index (Phi) is 5.56. The lowest BCUT2D eigenvalue weighted by Gasteiger charge is -2.30. The summed E-state index contributed by atoms with van der Waals surface area (Å²) in [5.74, 6) is -0.197. The number of nitrogens with two attached hydrogens (primary N) is 1. The SMILES string of the molecule is CCC1CCCCC1OCC(=O)Nc1cc(F)ccc1N. The minimum atomic E-state index is -0.432. The van der Waals surface area contributed by atoms with Gasteiger partial charge in [0, 0.05) is 0 Å². The van der Waals surface area contributed by atoms with Gasteiger partial charge in [-0.2, -0.15) is 0 Å². The van der Waals surface area contributed by atoms with Gasteiger partial charge in [0.05, 0.1) is 17.5 Å². The van der Waals surface area contributed by atoms with Crippen molar-refractivity contribution < 1.29 is 13.9 Å². The van der Waals surface area contributed by atoms with Gasteiger partial charge < -0.3 is 15.8 Å². The summed E-state index contributed by atoms with van der Waals surface area (Å²) in [6.07, 6.45) is 5.79. The number of ether oxygens (including phenoxy) is 1. The van der Waals surface area contributed by atoms with Crippen molar-refractivity contribution in [1.82, 2.24) is 0 Å². The molecule has 116 valence electrons. The van der Waals surface area contributed by atoms with Crippen molar-refractivity contribution in [3.63, 3.8) is 0 Å². The van der Waals surface area contributed by atoms with Crippen molar-refractivity contribution in [2.75, 3.05) is 17.7 Å². The number of nitrogens with one attached hydrogen (secondary N) is 1. The van der Waals surface area contributed by atoms with Gasteiger partial charge in [-0.25, -0.2) is 4.39 Å². The Morgan fingerprint density at radius 3 is 2.95 bits per heavy atom. The molecule has 1 aromatic carbocycles. The first kappa shape index (κ1) is 15.8. The molecule has 0 heterocycles. The topological polar surface area (TPSA) is 64.3 Å². The first-order valence-corrected chi connectivity index (χ1v) is 7.56. The Labute approximate surface area is 124 Å². The number of carbonyl (C=O) groups excluding carboxylic acids is 1. The number of benzene rings is 1. The molecule has 2 atom stereocenters. The highest BCUT2D eigenvalue weighted by Gasteiger charge is 2.24. The Morgan fingerprint density at radius 1 is 1.43 bits per heavy atom. The van der Waals surface area contributed by atoms with E-state index in [4.69, 9.17) is 10.5 Å². The largest absolute Gasteiger partial charge is 0.397 e. The van der Waals surface area contributed by atoms with E-state index in [9.17, 15) is 9.18 Å². The Bertz CT molecular complexity index is 493. The van der Waals surface area contributed by atoms with Crippen molar-refractivity contribution in [3.8, 4) is 0 Å². The Hall–Kier alpha value is -1.62. The molecule has 1 aliphatic carbocycles. The minimum Gasteiger partial charge on any atom is -0.397 e. The van der Waals surface area contributed by atoms with E-state index < -0.39 is 5.82 Å². The van der Waals surface area contributed by atoms with Crippen molar-refractivity contribution >= 4 is 17.3 Å². The number of hydrogen-bond acceptors (Lipinski definition) is 3. The molecule has 0 aromatic heterocycles. The fourth-order valence-corrected chi connectivity index (χ4v) is 2.87. The summed E-state index contributed by atoms with van der Waals surface area (Å²) in [4.78, 5) is 11.9. The summed E-state index contributed by atoms with van der Waals surface area (Å²) in [7, 11) is 0. The number of halogens is 1. The second-order valence-corrected chi connectivity index (χ2v) is 5.58. The van der Waals surface area contributed by atoms with Gasteiger partial charge in [0.2, 0.25) is 5.91 Å². The maximum atomic E-state index is 13.1. The minimum absolute atomic E-state index is 0.0167. The molecule has 0 saturated heterocycles. The highest BCUT2D eigenvalue weighted by atomic mass is 19.1. The van der Waals surface area contributed by atoms with Gasteiger partial charge in [-0.1, -0.05) is 26.2 Å². The summed E-state index contributed by atoms with van der Waals surface area (Å²) in [6, 6.07) is 3.90. The average molecular weight is 294 g/mol. The van der Waals surface area contributed by atoms with Crippen molar-refractivity contribution in [3.05, 3.63) is 24.0 Å². The lowest BCUT2D eigenvalue weighted by molar-refractivity contribution is -0.124.